The lowest BCUT2D eigenvalue weighted by Gasteiger charge is -2.16. The molecular formula is C11H21N3O5. The Morgan fingerprint density at radius 1 is 0.842 bits per heavy atom. The summed E-state index contributed by atoms with van der Waals surface area (Å²) in [5, 5.41) is 17.0. The SMILES string of the molecule is NC(CCCC(N)C(=O)C(N)CCC(=O)O)C(=O)O. The zero-order valence-electron chi connectivity index (χ0n) is 10.6. The van der Waals surface area contributed by atoms with E-state index in [2.05, 4.69) is 0 Å². The molecule has 0 fully saturated rings. The van der Waals surface area contributed by atoms with Crippen molar-refractivity contribution in [3.05, 3.63) is 0 Å². The highest BCUT2D eigenvalue weighted by Gasteiger charge is 2.22. The second kappa shape index (κ2) is 8.57. The number of hydrogen-bond acceptors (Lipinski definition) is 6. The molecule has 0 aromatic heterocycles. The Kier molecular flexibility index (Phi) is 7.89. The van der Waals surface area contributed by atoms with Gasteiger partial charge in [0.1, 0.15) is 6.04 Å². The van der Waals surface area contributed by atoms with Crippen molar-refractivity contribution in [2.75, 3.05) is 0 Å². The summed E-state index contributed by atoms with van der Waals surface area (Å²) in [6.45, 7) is 0. The first kappa shape index (κ1) is 17.5. The van der Waals surface area contributed by atoms with Crippen molar-refractivity contribution in [3.63, 3.8) is 0 Å². The fourth-order valence-corrected chi connectivity index (χ4v) is 1.52. The molecule has 0 amide bonds. The van der Waals surface area contributed by atoms with Crippen LogP contribution in [0.2, 0.25) is 0 Å². The van der Waals surface area contributed by atoms with Crippen LogP contribution in [0.1, 0.15) is 32.1 Å². The molecule has 8 N–H and O–H groups in total. The summed E-state index contributed by atoms with van der Waals surface area (Å²) < 4.78 is 0. The van der Waals surface area contributed by atoms with Crippen LogP contribution in [0.3, 0.4) is 0 Å². The average Bonchev–Trinajstić information content (AvgIpc) is 2.34. The second-order valence-electron chi connectivity index (χ2n) is 4.42. The summed E-state index contributed by atoms with van der Waals surface area (Å²) in [5.41, 5.74) is 16.5. The number of nitrogens with two attached hydrogens (primary N) is 3. The third-order valence-electron chi connectivity index (χ3n) is 2.75. The summed E-state index contributed by atoms with van der Waals surface area (Å²) in [6, 6.07) is -2.69. The molecule has 110 valence electrons. The van der Waals surface area contributed by atoms with Crippen molar-refractivity contribution in [1.29, 1.82) is 0 Å². The Hall–Kier alpha value is -1.51. The van der Waals surface area contributed by atoms with Crippen molar-refractivity contribution < 1.29 is 24.6 Å². The number of rotatable bonds is 10. The summed E-state index contributed by atoms with van der Waals surface area (Å²) in [5.74, 6) is -2.53. The number of carboxylic acids is 2. The highest BCUT2D eigenvalue weighted by atomic mass is 16.4. The van der Waals surface area contributed by atoms with E-state index >= 15 is 0 Å². The molecule has 0 aliphatic carbocycles. The Bertz CT molecular complexity index is 334. The summed E-state index contributed by atoms with van der Waals surface area (Å²) in [6.07, 6.45) is 0.743. The van der Waals surface area contributed by atoms with Crippen molar-refractivity contribution >= 4 is 17.7 Å². The third kappa shape index (κ3) is 7.50. The number of Topliss-reactive ketones (excluding diaryl/α,β-unsaturated/α-hetero) is 1. The minimum absolute atomic E-state index is 0.0382. The van der Waals surface area contributed by atoms with Gasteiger partial charge in [0.25, 0.3) is 0 Å². The molecular weight excluding hydrogens is 254 g/mol. The lowest BCUT2D eigenvalue weighted by Crippen LogP contribution is -2.43. The van der Waals surface area contributed by atoms with E-state index in [4.69, 9.17) is 27.4 Å². The Morgan fingerprint density at radius 3 is 1.79 bits per heavy atom. The van der Waals surface area contributed by atoms with Gasteiger partial charge in [-0.15, -0.1) is 0 Å². The zero-order chi connectivity index (χ0) is 15.0. The lowest BCUT2D eigenvalue weighted by atomic mass is 9.97. The molecule has 0 aliphatic rings. The summed E-state index contributed by atoms with van der Waals surface area (Å²) >= 11 is 0. The van der Waals surface area contributed by atoms with Gasteiger partial charge in [0.15, 0.2) is 5.78 Å². The van der Waals surface area contributed by atoms with E-state index in [9.17, 15) is 14.4 Å². The summed E-state index contributed by atoms with van der Waals surface area (Å²) in [7, 11) is 0. The van der Waals surface area contributed by atoms with Crippen molar-refractivity contribution in [2.45, 2.75) is 50.2 Å². The molecule has 19 heavy (non-hydrogen) atoms. The van der Waals surface area contributed by atoms with Gasteiger partial charge in [-0.25, -0.2) is 0 Å². The standard InChI is InChI=1S/C11H21N3O5/c12-6(2-1-3-8(14)11(18)19)10(17)7(13)4-5-9(15)16/h6-8H,1-5,12-14H2,(H,15,16)(H,18,19). The maximum Gasteiger partial charge on any atom is 0.320 e. The molecule has 0 aromatic carbocycles. The van der Waals surface area contributed by atoms with Crippen molar-refractivity contribution in [2.24, 2.45) is 17.2 Å². The number of carboxylic acid groups (broad SMARTS) is 2. The van der Waals surface area contributed by atoms with Crippen LogP contribution in [0.25, 0.3) is 0 Å². The average molecular weight is 275 g/mol. The van der Waals surface area contributed by atoms with Gasteiger partial charge in [-0.05, 0) is 25.7 Å². The monoisotopic (exact) mass is 275 g/mol. The first-order valence-corrected chi connectivity index (χ1v) is 6.00. The smallest absolute Gasteiger partial charge is 0.320 e. The molecule has 0 aliphatic heterocycles. The molecule has 0 heterocycles. The molecule has 0 aromatic rings. The molecule has 0 spiro atoms. The minimum atomic E-state index is -1.10. The van der Waals surface area contributed by atoms with E-state index in [-0.39, 0.29) is 25.7 Å². The van der Waals surface area contributed by atoms with Crippen LogP contribution in [-0.4, -0.2) is 46.1 Å². The van der Waals surface area contributed by atoms with Gasteiger partial charge in [0, 0.05) is 6.42 Å². The number of hydrogen-bond donors (Lipinski definition) is 5. The van der Waals surface area contributed by atoms with Crippen LogP contribution in [0, 0.1) is 0 Å². The van der Waals surface area contributed by atoms with Crippen molar-refractivity contribution in [3.8, 4) is 0 Å². The van der Waals surface area contributed by atoms with Gasteiger partial charge in [0.05, 0.1) is 12.1 Å². The fraction of sp³-hybridized carbons (Fsp3) is 0.727. The van der Waals surface area contributed by atoms with Crippen LogP contribution in [0.5, 0.6) is 0 Å². The molecule has 0 saturated carbocycles. The topological polar surface area (TPSA) is 170 Å². The molecule has 3 atom stereocenters. The van der Waals surface area contributed by atoms with E-state index in [0.717, 1.165) is 0 Å². The maximum atomic E-state index is 11.7. The van der Waals surface area contributed by atoms with Gasteiger partial charge in [0.2, 0.25) is 0 Å². The second-order valence-corrected chi connectivity index (χ2v) is 4.42. The molecule has 0 radical (unpaired) electrons. The predicted molar refractivity (Wildman–Crippen MR) is 67.3 cm³/mol. The van der Waals surface area contributed by atoms with Gasteiger partial charge in [-0.1, -0.05) is 0 Å². The molecule has 0 saturated heterocycles. The van der Waals surface area contributed by atoms with Gasteiger partial charge < -0.3 is 27.4 Å². The van der Waals surface area contributed by atoms with Crippen molar-refractivity contribution in [1.82, 2.24) is 0 Å². The fourth-order valence-electron chi connectivity index (χ4n) is 1.52. The number of carbonyl (C=O) groups excluding carboxylic acids is 1. The van der Waals surface area contributed by atoms with Crippen LogP contribution < -0.4 is 17.2 Å². The van der Waals surface area contributed by atoms with Gasteiger partial charge in [-0.3, -0.25) is 14.4 Å². The van der Waals surface area contributed by atoms with Crippen LogP contribution in [0.4, 0.5) is 0 Å². The van der Waals surface area contributed by atoms with E-state index in [1.165, 1.54) is 0 Å². The highest BCUT2D eigenvalue weighted by molar-refractivity contribution is 5.89. The quantitative estimate of drug-likeness (QED) is 0.326. The molecule has 0 rings (SSSR count). The minimum Gasteiger partial charge on any atom is -0.481 e. The third-order valence-corrected chi connectivity index (χ3v) is 2.75. The molecule has 8 heteroatoms. The first-order chi connectivity index (χ1) is 8.75. The summed E-state index contributed by atoms with van der Waals surface area (Å²) in [4.78, 5) is 32.5. The van der Waals surface area contributed by atoms with E-state index in [1.807, 2.05) is 0 Å². The number of aliphatic carboxylic acids is 2. The first-order valence-electron chi connectivity index (χ1n) is 6.00. The Labute approximate surface area is 110 Å². The number of carbonyl (C=O) groups is 3. The zero-order valence-corrected chi connectivity index (χ0v) is 10.6. The van der Waals surface area contributed by atoms with Crippen LogP contribution in [-0.2, 0) is 14.4 Å². The largest absolute Gasteiger partial charge is 0.481 e. The number of ketones is 1. The van der Waals surface area contributed by atoms with Gasteiger partial charge >= 0.3 is 11.9 Å². The van der Waals surface area contributed by atoms with Crippen LogP contribution >= 0.6 is 0 Å². The molecule has 0 bridgehead atoms. The van der Waals surface area contributed by atoms with Crippen LogP contribution in [0.15, 0.2) is 0 Å². The molecule has 3 unspecified atom stereocenters. The lowest BCUT2D eigenvalue weighted by molar-refractivity contribution is -0.139. The normalized spacial score (nSPS) is 15.5. The molecule has 8 nitrogen and oxygen atoms in total. The Balaban J connectivity index is 3.99. The highest BCUT2D eigenvalue weighted by Crippen LogP contribution is 2.06. The van der Waals surface area contributed by atoms with E-state index in [1.54, 1.807) is 0 Å². The Morgan fingerprint density at radius 2 is 1.32 bits per heavy atom. The predicted octanol–water partition coefficient (Wildman–Crippen LogP) is -1.34. The maximum absolute atomic E-state index is 11.7. The van der Waals surface area contributed by atoms with E-state index in [0.29, 0.717) is 6.42 Å². The van der Waals surface area contributed by atoms with E-state index < -0.39 is 35.8 Å². The van der Waals surface area contributed by atoms with Gasteiger partial charge in [-0.2, -0.15) is 0 Å².